The molecule has 6 heteroatoms. The SMILES string of the molecule is Cc1ccc(NC(=O)C(=O)c2ccccc2)cc1.Cc1ccc(NC(=O)C(=O)c2ccccc2)cc1. The van der Waals surface area contributed by atoms with Crippen LogP contribution in [0, 0.1) is 13.8 Å². The molecule has 36 heavy (non-hydrogen) atoms. The smallest absolute Gasteiger partial charge is 0.296 e. The number of hydrogen-bond donors (Lipinski definition) is 2. The van der Waals surface area contributed by atoms with E-state index >= 15 is 0 Å². The van der Waals surface area contributed by atoms with Gasteiger partial charge >= 0.3 is 0 Å². The third kappa shape index (κ3) is 7.60. The molecule has 0 radical (unpaired) electrons. The van der Waals surface area contributed by atoms with Crippen LogP contribution in [0.2, 0.25) is 0 Å². The molecule has 2 N–H and O–H groups in total. The quantitative estimate of drug-likeness (QED) is 0.277. The first-order valence-electron chi connectivity index (χ1n) is 11.3. The molecule has 0 heterocycles. The molecule has 2 amide bonds. The Morgan fingerprint density at radius 1 is 0.444 bits per heavy atom. The summed E-state index contributed by atoms with van der Waals surface area (Å²) in [5.74, 6) is -2.30. The number of carbonyl (C=O) groups excluding carboxylic acids is 4. The molecule has 0 aliphatic carbocycles. The van der Waals surface area contributed by atoms with Gasteiger partial charge in [0.25, 0.3) is 23.4 Å². The molecule has 0 aliphatic heterocycles. The summed E-state index contributed by atoms with van der Waals surface area (Å²) < 4.78 is 0. The van der Waals surface area contributed by atoms with E-state index in [0.29, 0.717) is 22.5 Å². The average Bonchev–Trinajstić information content (AvgIpc) is 2.91. The molecule has 0 fully saturated rings. The first kappa shape index (κ1) is 25.8. The van der Waals surface area contributed by atoms with E-state index in [4.69, 9.17) is 0 Å². The highest BCUT2D eigenvalue weighted by atomic mass is 16.2. The largest absolute Gasteiger partial charge is 0.319 e. The highest BCUT2D eigenvalue weighted by Gasteiger charge is 2.16. The summed E-state index contributed by atoms with van der Waals surface area (Å²) in [4.78, 5) is 47.1. The summed E-state index contributed by atoms with van der Waals surface area (Å²) in [5, 5.41) is 5.16. The molecule has 4 aromatic carbocycles. The molecule has 0 saturated heterocycles. The topological polar surface area (TPSA) is 92.3 Å². The van der Waals surface area contributed by atoms with Crippen LogP contribution in [0.1, 0.15) is 31.8 Å². The fourth-order valence-corrected chi connectivity index (χ4v) is 3.09. The van der Waals surface area contributed by atoms with E-state index in [1.54, 1.807) is 84.9 Å². The average molecular weight is 479 g/mol. The number of ketones is 2. The minimum Gasteiger partial charge on any atom is -0.319 e. The maximum absolute atomic E-state index is 11.8. The lowest BCUT2D eigenvalue weighted by atomic mass is 10.1. The third-order valence-electron chi connectivity index (χ3n) is 5.10. The van der Waals surface area contributed by atoms with Crippen LogP contribution in [0.3, 0.4) is 0 Å². The van der Waals surface area contributed by atoms with Crippen LogP contribution >= 0.6 is 0 Å². The van der Waals surface area contributed by atoms with Crippen molar-refractivity contribution in [2.45, 2.75) is 13.8 Å². The maximum Gasteiger partial charge on any atom is 0.296 e. The number of amides is 2. The second-order valence-corrected chi connectivity index (χ2v) is 8.03. The molecular weight excluding hydrogens is 452 g/mol. The van der Waals surface area contributed by atoms with Crippen LogP contribution in [0.5, 0.6) is 0 Å². The zero-order chi connectivity index (χ0) is 25.9. The molecule has 0 bridgehead atoms. The lowest BCUT2D eigenvalue weighted by molar-refractivity contribution is -0.113. The van der Waals surface area contributed by atoms with Gasteiger partial charge in [0, 0.05) is 22.5 Å². The zero-order valence-corrected chi connectivity index (χ0v) is 20.0. The van der Waals surface area contributed by atoms with E-state index in [1.165, 1.54) is 0 Å². The number of hydrogen-bond acceptors (Lipinski definition) is 4. The van der Waals surface area contributed by atoms with Gasteiger partial charge < -0.3 is 10.6 Å². The van der Waals surface area contributed by atoms with E-state index < -0.39 is 23.4 Å². The fourth-order valence-electron chi connectivity index (χ4n) is 3.09. The summed E-state index contributed by atoms with van der Waals surface area (Å²) in [6.07, 6.45) is 0. The summed E-state index contributed by atoms with van der Waals surface area (Å²) >= 11 is 0. The van der Waals surface area contributed by atoms with Crippen LogP contribution in [-0.4, -0.2) is 23.4 Å². The van der Waals surface area contributed by atoms with E-state index in [0.717, 1.165) is 11.1 Å². The van der Waals surface area contributed by atoms with Crippen LogP contribution in [0.4, 0.5) is 11.4 Å². The molecule has 0 aliphatic rings. The predicted molar refractivity (Wildman–Crippen MR) is 141 cm³/mol. The number of anilines is 2. The van der Waals surface area contributed by atoms with Crippen LogP contribution < -0.4 is 10.6 Å². The Morgan fingerprint density at radius 3 is 1.06 bits per heavy atom. The van der Waals surface area contributed by atoms with Gasteiger partial charge in [0.05, 0.1) is 0 Å². The monoisotopic (exact) mass is 478 g/mol. The normalized spacial score (nSPS) is 9.83. The number of carbonyl (C=O) groups is 4. The van der Waals surface area contributed by atoms with Gasteiger partial charge in [-0.2, -0.15) is 0 Å². The van der Waals surface area contributed by atoms with E-state index in [1.807, 2.05) is 38.1 Å². The number of nitrogens with one attached hydrogen (secondary N) is 2. The highest BCUT2D eigenvalue weighted by Crippen LogP contribution is 2.11. The van der Waals surface area contributed by atoms with Gasteiger partial charge in [-0.05, 0) is 38.1 Å². The molecule has 0 spiro atoms. The van der Waals surface area contributed by atoms with Gasteiger partial charge in [0.15, 0.2) is 0 Å². The summed E-state index contributed by atoms with van der Waals surface area (Å²) in [6, 6.07) is 31.6. The molecular formula is C30H26N2O4. The molecule has 180 valence electrons. The van der Waals surface area contributed by atoms with Crippen molar-refractivity contribution in [3.8, 4) is 0 Å². The molecule has 0 atom stereocenters. The Hall–Kier alpha value is -4.84. The van der Waals surface area contributed by atoms with Crippen molar-refractivity contribution in [1.82, 2.24) is 0 Å². The van der Waals surface area contributed by atoms with Gasteiger partial charge in [0.2, 0.25) is 0 Å². The highest BCUT2D eigenvalue weighted by molar-refractivity contribution is 6.47. The second kappa shape index (κ2) is 12.6. The molecule has 0 saturated carbocycles. The zero-order valence-electron chi connectivity index (χ0n) is 20.0. The first-order valence-corrected chi connectivity index (χ1v) is 11.3. The number of aryl methyl sites for hydroxylation is 2. The van der Waals surface area contributed by atoms with Crippen molar-refractivity contribution in [2.24, 2.45) is 0 Å². The molecule has 0 aromatic heterocycles. The standard InChI is InChI=1S/2C15H13NO2/c2*1-11-7-9-13(10-8-11)16-15(18)14(17)12-5-3-2-4-6-12/h2*2-10H,1H3,(H,16,18). The van der Waals surface area contributed by atoms with Crippen LogP contribution in [0.15, 0.2) is 109 Å². The van der Waals surface area contributed by atoms with Crippen molar-refractivity contribution in [3.63, 3.8) is 0 Å². The first-order chi connectivity index (χ1) is 17.3. The Kier molecular flexibility index (Phi) is 9.00. The lowest BCUT2D eigenvalue weighted by Crippen LogP contribution is -2.22. The second-order valence-electron chi connectivity index (χ2n) is 8.03. The number of Topliss-reactive ketones (excluding diaryl/α,β-unsaturated/α-hetero) is 2. The third-order valence-corrected chi connectivity index (χ3v) is 5.10. The van der Waals surface area contributed by atoms with E-state index in [-0.39, 0.29) is 0 Å². The van der Waals surface area contributed by atoms with Gasteiger partial charge in [-0.3, -0.25) is 19.2 Å². The maximum atomic E-state index is 11.8. The van der Waals surface area contributed by atoms with E-state index in [2.05, 4.69) is 10.6 Å². The molecule has 6 nitrogen and oxygen atoms in total. The van der Waals surface area contributed by atoms with Gasteiger partial charge in [-0.15, -0.1) is 0 Å². The Balaban J connectivity index is 0.000000201. The number of benzene rings is 4. The minimum atomic E-state index is -0.620. The summed E-state index contributed by atoms with van der Waals surface area (Å²) in [5.41, 5.74) is 4.22. The van der Waals surface area contributed by atoms with E-state index in [9.17, 15) is 19.2 Å². The van der Waals surface area contributed by atoms with Crippen molar-refractivity contribution in [3.05, 3.63) is 131 Å². The molecule has 4 aromatic rings. The Bertz CT molecular complexity index is 1220. The van der Waals surface area contributed by atoms with Crippen molar-refractivity contribution in [2.75, 3.05) is 10.6 Å². The fraction of sp³-hybridized carbons (Fsp3) is 0.0667. The van der Waals surface area contributed by atoms with Crippen LogP contribution in [-0.2, 0) is 9.59 Å². The summed E-state index contributed by atoms with van der Waals surface area (Å²) in [7, 11) is 0. The van der Waals surface area contributed by atoms with Crippen molar-refractivity contribution in [1.29, 1.82) is 0 Å². The molecule has 4 rings (SSSR count). The lowest BCUT2D eigenvalue weighted by Gasteiger charge is -2.04. The minimum absolute atomic E-state index is 0.391. The number of rotatable bonds is 6. The van der Waals surface area contributed by atoms with Gasteiger partial charge in [-0.1, -0.05) is 96.1 Å². The van der Waals surface area contributed by atoms with Crippen molar-refractivity contribution >= 4 is 34.8 Å². The Morgan fingerprint density at radius 2 is 0.750 bits per heavy atom. The predicted octanol–water partition coefficient (Wildman–Crippen LogP) is 5.63. The summed E-state index contributed by atoms with van der Waals surface area (Å²) in [6.45, 7) is 3.92. The molecule has 0 unspecified atom stereocenters. The Labute approximate surface area is 210 Å². The van der Waals surface area contributed by atoms with Crippen molar-refractivity contribution < 1.29 is 19.2 Å². The van der Waals surface area contributed by atoms with Gasteiger partial charge in [-0.25, -0.2) is 0 Å². The van der Waals surface area contributed by atoms with Gasteiger partial charge in [0.1, 0.15) is 0 Å². The van der Waals surface area contributed by atoms with Crippen LogP contribution in [0.25, 0.3) is 0 Å².